The van der Waals surface area contributed by atoms with E-state index in [0.29, 0.717) is 23.7 Å². The van der Waals surface area contributed by atoms with Crippen molar-refractivity contribution < 1.29 is 14.6 Å². The van der Waals surface area contributed by atoms with Crippen molar-refractivity contribution in [1.29, 1.82) is 0 Å². The predicted octanol–water partition coefficient (Wildman–Crippen LogP) is 3.98. The van der Waals surface area contributed by atoms with Gasteiger partial charge in [-0.3, -0.25) is 5.10 Å². The number of nitrogens with zero attached hydrogens (tertiary/aromatic N) is 1. The lowest BCUT2D eigenvalue weighted by Gasteiger charge is -2.32. The van der Waals surface area contributed by atoms with Crippen molar-refractivity contribution in [3.05, 3.63) is 23.9 Å². The molecular formula is C17H22N2O3. The molecule has 118 valence electrons. The molecule has 0 amide bonds. The van der Waals surface area contributed by atoms with Crippen molar-refractivity contribution in [2.45, 2.75) is 45.6 Å². The summed E-state index contributed by atoms with van der Waals surface area (Å²) in [6.45, 7) is 6.76. The summed E-state index contributed by atoms with van der Waals surface area (Å²) in [6, 6.07) is 3.48. The van der Waals surface area contributed by atoms with E-state index in [4.69, 9.17) is 9.47 Å². The molecule has 5 heteroatoms. The topological polar surface area (TPSA) is 67.4 Å². The van der Waals surface area contributed by atoms with Crippen LogP contribution in [0.1, 0.15) is 45.6 Å². The quantitative estimate of drug-likeness (QED) is 0.820. The largest absolute Gasteiger partial charge is 0.507 e. The zero-order valence-electron chi connectivity index (χ0n) is 13.3. The van der Waals surface area contributed by atoms with Gasteiger partial charge < -0.3 is 14.6 Å². The summed E-state index contributed by atoms with van der Waals surface area (Å²) < 4.78 is 11.8. The molecule has 0 atom stereocenters. The van der Waals surface area contributed by atoms with Crippen LogP contribution in [0.3, 0.4) is 0 Å². The van der Waals surface area contributed by atoms with E-state index in [0.717, 1.165) is 30.5 Å². The number of aromatic amines is 1. The summed E-state index contributed by atoms with van der Waals surface area (Å²) in [5, 5.41) is 17.4. The summed E-state index contributed by atoms with van der Waals surface area (Å²) >= 11 is 0. The van der Waals surface area contributed by atoms with Crippen LogP contribution in [0.25, 0.3) is 11.3 Å². The van der Waals surface area contributed by atoms with Gasteiger partial charge >= 0.3 is 0 Å². The van der Waals surface area contributed by atoms with Crippen molar-refractivity contribution in [2.75, 3.05) is 6.61 Å². The highest BCUT2D eigenvalue weighted by atomic mass is 16.5. The van der Waals surface area contributed by atoms with Crippen LogP contribution in [0.4, 0.5) is 0 Å². The average Bonchev–Trinajstić information content (AvgIpc) is 2.93. The number of phenolic OH excluding ortho intramolecular Hbond substituents is 1. The van der Waals surface area contributed by atoms with Crippen LogP contribution in [-0.4, -0.2) is 21.9 Å². The zero-order valence-corrected chi connectivity index (χ0v) is 13.3. The second-order valence-corrected chi connectivity index (χ2v) is 6.14. The molecule has 0 aliphatic carbocycles. The molecule has 0 radical (unpaired) electrons. The average molecular weight is 302 g/mol. The van der Waals surface area contributed by atoms with Crippen molar-refractivity contribution in [1.82, 2.24) is 10.2 Å². The Morgan fingerprint density at radius 1 is 1.32 bits per heavy atom. The first kappa shape index (κ1) is 14.8. The Kier molecular flexibility index (Phi) is 3.72. The smallest absolute Gasteiger partial charge is 0.137 e. The molecule has 0 fully saturated rings. The van der Waals surface area contributed by atoms with Gasteiger partial charge in [0.15, 0.2) is 0 Å². The Morgan fingerprint density at radius 2 is 2.14 bits per heavy atom. The van der Waals surface area contributed by atoms with Gasteiger partial charge in [-0.2, -0.15) is 5.10 Å². The van der Waals surface area contributed by atoms with Gasteiger partial charge in [-0.1, -0.05) is 19.8 Å². The van der Waals surface area contributed by atoms with Crippen LogP contribution in [0.2, 0.25) is 0 Å². The minimum Gasteiger partial charge on any atom is -0.507 e. The lowest BCUT2D eigenvalue weighted by molar-refractivity contribution is 0.105. The summed E-state index contributed by atoms with van der Waals surface area (Å²) in [5.74, 6) is 1.39. The lowest BCUT2D eigenvalue weighted by atomic mass is 9.91. The van der Waals surface area contributed by atoms with Gasteiger partial charge in [-0.25, -0.2) is 0 Å². The number of nitrogens with one attached hydrogen (secondary N) is 1. The molecule has 1 aliphatic heterocycles. The van der Waals surface area contributed by atoms with Crippen LogP contribution in [-0.2, 0) is 5.60 Å². The van der Waals surface area contributed by atoms with Gasteiger partial charge in [0.25, 0.3) is 0 Å². The van der Waals surface area contributed by atoms with Crippen LogP contribution in [0.5, 0.6) is 17.2 Å². The number of benzene rings is 1. The highest BCUT2D eigenvalue weighted by molar-refractivity contribution is 5.79. The normalized spacial score (nSPS) is 14.9. The number of hydrogen-bond acceptors (Lipinski definition) is 4. The SMILES string of the molecule is CCCCCOc1cc(O)c2c(c1)OC(C)(C)c1cn[nH]c1-2. The lowest BCUT2D eigenvalue weighted by Crippen LogP contribution is -2.28. The number of phenols is 1. The summed E-state index contributed by atoms with van der Waals surface area (Å²) in [6.07, 6.45) is 5.04. The number of aromatic hydroxyl groups is 1. The fourth-order valence-corrected chi connectivity index (χ4v) is 2.80. The Morgan fingerprint density at radius 3 is 2.91 bits per heavy atom. The molecule has 0 spiro atoms. The minimum atomic E-state index is -0.497. The first-order valence-corrected chi connectivity index (χ1v) is 7.76. The number of rotatable bonds is 5. The molecule has 3 rings (SSSR count). The Balaban J connectivity index is 1.92. The number of hydrogen-bond donors (Lipinski definition) is 2. The maximum atomic E-state index is 10.4. The van der Waals surface area contributed by atoms with Crippen LogP contribution in [0, 0.1) is 0 Å². The van der Waals surface area contributed by atoms with Gasteiger partial charge in [0.2, 0.25) is 0 Å². The fraction of sp³-hybridized carbons (Fsp3) is 0.471. The molecule has 0 bridgehead atoms. The van der Waals surface area contributed by atoms with E-state index in [-0.39, 0.29) is 5.75 Å². The highest BCUT2D eigenvalue weighted by Crippen LogP contribution is 2.49. The number of ether oxygens (including phenoxy) is 2. The molecule has 0 saturated heterocycles. The predicted molar refractivity (Wildman–Crippen MR) is 84.4 cm³/mol. The van der Waals surface area contributed by atoms with Crippen molar-refractivity contribution in [2.24, 2.45) is 0 Å². The Labute approximate surface area is 130 Å². The van der Waals surface area contributed by atoms with E-state index in [1.807, 2.05) is 19.9 Å². The fourth-order valence-electron chi connectivity index (χ4n) is 2.80. The highest BCUT2D eigenvalue weighted by Gasteiger charge is 2.36. The summed E-state index contributed by atoms with van der Waals surface area (Å²) in [4.78, 5) is 0. The van der Waals surface area contributed by atoms with Gasteiger partial charge in [-0.05, 0) is 20.3 Å². The van der Waals surface area contributed by atoms with Crippen molar-refractivity contribution in [3.8, 4) is 28.5 Å². The second-order valence-electron chi connectivity index (χ2n) is 6.14. The van der Waals surface area contributed by atoms with Gasteiger partial charge in [0.05, 0.1) is 24.1 Å². The third kappa shape index (κ3) is 2.51. The van der Waals surface area contributed by atoms with Crippen molar-refractivity contribution >= 4 is 0 Å². The van der Waals surface area contributed by atoms with Crippen LogP contribution < -0.4 is 9.47 Å². The monoisotopic (exact) mass is 302 g/mol. The third-order valence-corrected chi connectivity index (χ3v) is 3.97. The molecule has 0 saturated carbocycles. The van der Waals surface area contributed by atoms with E-state index in [2.05, 4.69) is 17.1 Å². The number of H-pyrrole nitrogens is 1. The van der Waals surface area contributed by atoms with Crippen LogP contribution in [0.15, 0.2) is 18.3 Å². The molecule has 0 unspecified atom stereocenters. The maximum Gasteiger partial charge on any atom is 0.137 e. The second kappa shape index (κ2) is 5.55. The molecule has 22 heavy (non-hydrogen) atoms. The molecule has 2 aromatic rings. The molecule has 1 aromatic carbocycles. The van der Waals surface area contributed by atoms with Gasteiger partial charge in [0, 0.05) is 17.7 Å². The van der Waals surface area contributed by atoms with E-state index >= 15 is 0 Å². The Bertz CT molecular complexity index is 677. The van der Waals surface area contributed by atoms with E-state index in [9.17, 15) is 5.11 Å². The molecule has 1 aromatic heterocycles. The van der Waals surface area contributed by atoms with E-state index in [1.54, 1.807) is 12.3 Å². The molecule has 2 N–H and O–H groups in total. The first-order chi connectivity index (χ1) is 10.5. The molecule has 1 aliphatic rings. The molecular weight excluding hydrogens is 280 g/mol. The maximum absolute atomic E-state index is 10.4. The number of aromatic nitrogens is 2. The van der Waals surface area contributed by atoms with Crippen LogP contribution >= 0.6 is 0 Å². The number of fused-ring (bicyclic) bond motifs is 3. The summed E-state index contributed by atoms with van der Waals surface area (Å²) in [5.41, 5.74) is 1.89. The van der Waals surface area contributed by atoms with Gasteiger partial charge in [0.1, 0.15) is 22.8 Å². The standard InChI is InChI=1S/C17H22N2O3/c1-4-5-6-7-21-11-8-13(20)15-14(9-11)22-17(2,3)12-10-18-19-16(12)15/h8-10,20H,4-7H2,1-3H3,(H,18,19). The molecule has 5 nitrogen and oxygen atoms in total. The summed E-state index contributed by atoms with van der Waals surface area (Å²) in [7, 11) is 0. The third-order valence-electron chi connectivity index (χ3n) is 3.97. The first-order valence-electron chi connectivity index (χ1n) is 7.76. The van der Waals surface area contributed by atoms with Crippen molar-refractivity contribution in [3.63, 3.8) is 0 Å². The van der Waals surface area contributed by atoms with Gasteiger partial charge in [-0.15, -0.1) is 0 Å². The minimum absolute atomic E-state index is 0.143. The Hall–Kier alpha value is -2.17. The van der Waals surface area contributed by atoms with E-state index in [1.165, 1.54) is 0 Å². The van der Waals surface area contributed by atoms with E-state index < -0.39 is 5.60 Å². The zero-order chi connectivity index (χ0) is 15.7. The molecule has 2 heterocycles. The number of unbranched alkanes of at least 4 members (excludes halogenated alkanes) is 2.